The van der Waals surface area contributed by atoms with E-state index >= 15 is 0 Å². The van der Waals surface area contributed by atoms with E-state index in [1.807, 2.05) is 6.92 Å². The number of anilines is 1. The maximum Gasteiger partial charge on any atom is 0.269 e. The molecular formula is C16H25N4O3PS. The average molecular weight is 384 g/mol. The van der Waals surface area contributed by atoms with Gasteiger partial charge in [-0.1, -0.05) is 26.8 Å². The van der Waals surface area contributed by atoms with Gasteiger partial charge in [0, 0.05) is 6.04 Å². The lowest BCUT2D eigenvalue weighted by molar-refractivity contribution is 0.317. The first kappa shape index (κ1) is 19.7. The molecule has 0 aliphatic carbocycles. The minimum absolute atomic E-state index is 0.0309. The van der Waals surface area contributed by atoms with Crippen LogP contribution in [-0.2, 0) is 15.7 Å². The van der Waals surface area contributed by atoms with Crippen LogP contribution < -0.4 is 15.9 Å². The van der Waals surface area contributed by atoms with E-state index in [0.717, 1.165) is 0 Å². The summed E-state index contributed by atoms with van der Waals surface area (Å²) >= 11 is -1.71. The van der Waals surface area contributed by atoms with Gasteiger partial charge in [-0.05, 0) is 37.8 Å². The van der Waals surface area contributed by atoms with E-state index in [9.17, 15) is 13.9 Å². The minimum atomic E-state index is -2.64. The van der Waals surface area contributed by atoms with E-state index in [1.165, 1.54) is 0 Å². The molecule has 2 rings (SSSR count). The highest BCUT2D eigenvalue weighted by Gasteiger charge is 2.27. The first-order chi connectivity index (χ1) is 11.4. The molecule has 1 aliphatic heterocycles. The predicted molar refractivity (Wildman–Crippen MR) is 106 cm³/mol. The Morgan fingerprint density at radius 3 is 2.36 bits per heavy atom. The van der Waals surface area contributed by atoms with E-state index in [4.69, 9.17) is 0 Å². The second-order valence-corrected chi connectivity index (χ2v) is 11.5. The van der Waals surface area contributed by atoms with Gasteiger partial charge in [0.2, 0.25) is 0 Å². The number of rotatable bonds is 3. The van der Waals surface area contributed by atoms with Crippen molar-refractivity contribution in [3.8, 4) is 5.75 Å². The number of hydrogen-bond acceptors (Lipinski definition) is 5. The van der Waals surface area contributed by atoms with Crippen LogP contribution in [0.15, 0.2) is 27.0 Å². The number of para-hydroxylation sites is 1. The molecule has 0 radical (unpaired) electrons. The fourth-order valence-electron chi connectivity index (χ4n) is 2.06. The third-order valence-electron chi connectivity index (χ3n) is 4.06. The lowest BCUT2D eigenvalue weighted by atomic mass is 9.88. The van der Waals surface area contributed by atoms with Crippen molar-refractivity contribution in [3.05, 3.63) is 18.2 Å². The Bertz CT molecular complexity index is 808. The van der Waals surface area contributed by atoms with Crippen molar-refractivity contribution in [1.82, 2.24) is 5.32 Å². The van der Waals surface area contributed by atoms with Gasteiger partial charge in [0.15, 0.2) is 11.7 Å². The zero-order valence-electron chi connectivity index (χ0n) is 15.3. The monoisotopic (exact) mass is 384 g/mol. The maximum atomic E-state index is 12.3. The molecule has 0 fully saturated rings. The molecule has 7 nitrogen and oxygen atoms in total. The number of phenols is 1. The Balaban J connectivity index is 2.28. The van der Waals surface area contributed by atoms with E-state index in [2.05, 4.69) is 40.2 Å². The molecule has 0 spiro atoms. The van der Waals surface area contributed by atoms with Gasteiger partial charge in [-0.2, -0.15) is 0 Å². The maximum absolute atomic E-state index is 12.3. The van der Waals surface area contributed by atoms with Crippen molar-refractivity contribution in [2.24, 2.45) is 14.2 Å². The summed E-state index contributed by atoms with van der Waals surface area (Å²) in [6.07, 6.45) is 0. The van der Waals surface area contributed by atoms with Gasteiger partial charge in [-0.3, -0.25) is 0 Å². The summed E-state index contributed by atoms with van der Waals surface area (Å²) < 4.78 is 32.0. The zero-order chi connectivity index (χ0) is 19.0. The Hall–Kier alpha value is -1.66. The molecule has 25 heavy (non-hydrogen) atoms. The van der Waals surface area contributed by atoms with Crippen LogP contribution in [0.1, 0.15) is 27.7 Å². The van der Waals surface area contributed by atoms with Crippen LogP contribution in [0.4, 0.5) is 5.69 Å². The van der Waals surface area contributed by atoms with Gasteiger partial charge >= 0.3 is 0 Å². The molecule has 3 N–H and O–H groups in total. The van der Waals surface area contributed by atoms with Gasteiger partial charge in [0.25, 0.3) is 11.2 Å². The Labute approximate surface area is 151 Å². The molecule has 0 bridgehead atoms. The van der Waals surface area contributed by atoms with Gasteiger partial charge in [-0.15, -0.1) is 8.80 Å². The number of benzene rings is 1. The SMILES string of the molecule is C[C@H](NC1=NS(=O)N=C1Nc1cccc(P(C)(C)=O)c1O)C(C)(C)C. The summed E-state index contributed by atoms with van der Waals surface area (Å²) in [6.45, 7) is 11.4. The Morgan fingerprint density at radius 2 is 1.80 bits per heavy atom. The smallest absolute Gasteiger partial charge is 0.269 e. The molecule has 1 aromatic rings. The molecule has 1 aliphatic rings. The topological polar surface area (TPSA) is 103 Å². The van der Waals surface area contributed by atoms with Crippen LogP contribution in [0.25, 0.3) is 0 Å². The summed E-state index contributed by atoms with van der Waals surface area (Å²) in [6, 6.07) is 5.03. The normalized spacial score (nSPS) is 19.2. The van der Waals surface area contributed by atoms with Crippen molar-refractivity contribution >= 4 is 41.0 Å². The highest BCUT2D eigenvalue weighted by atomic mass is 32.2. The summed E-state index contributed by atoms with van der Waals surface area (Å²) in [4.78, 5) is 0. The largest absolute Gasteiger partial charge is 0.505 e. The Kier molecular flexibility index (Phi) is 5.44. The highest BCUT2D eigenvalue weighted by Crippen LogP contribution is 2.40. The van der Waals surface area contributed by atoms with Crippen LogP contribution in [0.3, 0.4) is 0 Å². The molecular weight excluding hydrogens is 359 g/mol. The van der Waals surface area contributed by atoms with E-state index in [0.29, 0.717) is 16.8 Å². The number of hydrogen-bond donors (Lipinski definition) is 3. The Morgan fingerprint density at radius 1 is 1.20 bits per heavy atom. The molecule has 1 aromatic carbocycles. The molecule has 2 atom stereocenters. The fourth-order valence-corrected chi connectivity index (χ4v) is 3.76. The molecule has 0 aromatic heterocycles. The fraction of sp³-hybridized carbons (Fsp3) is 0.500. The highest BCUT2D eigenvalue weighted by molar-refractivity contribution is 7.83. The summed E-state index contributed by atoms with van der Waals surface area (Å²) in [5, 5.41) is 17.0. The average Bonchev–Trinajstić information content (AvgIpc) is 2.78. The third-order valence-corrected chi connectivity index (χ3v) is 6.26. The van der Waals surface area contributed by atoms with E-state index < -0.39 is 18.3 Å². The summed E-state index contributed by atoms with van der Waals surface area (Å²) in [5.74, 6) is 0.560. The zero-order valence-corrected chi connectivity index (χ0v) is 17.0. The van der Waals surface area contributed by atoms with Crippen molar-refractivity contribution in [2.45, 2.75) is 33.7 Å². The number of nitrogens with zero attached hydrogens (tertiary/aromatic N) is 2. The first-order valence-corrected chi connectivity index (χ1v) is 11.6. The lowest BCUT2D eigenvalue weighted by Gasteiger charge is -2.29. The van der Waals surface area contributed by atoms with E-state index in [-0.39, 0.29) is 23.0 Å². The number of aromatic hydroxyl groups is 1. The third kappa shape index (κ3) is 4.70. The number of amidine groups is 2. The molecule has 138 valence electrons. The van der Waals surface area contributed by atoms with Gasteiger partial charge in [-0.25, -0.2) is 4.21 Å². The van der Waals surface area contributed by atoms with Crippen molar-refractivity contribution < 1.29 is 13.9 Å². The van der Waals surface area contributed by atoms with Crippen LogP contribution in [-0.4, -0.2) is 40.4 Å². The lowest BCUT2D eigenvalue weighted by Crippen LogP contribution is -2.45. The first-order valence-electron chi connectivity index (χ1n) is 7.90. The number of phenolic OH excluding ortho intramolecular Hbond substituents is 1. The van der Waals surface area contributed by atoms with Crippen LogP contribution in [0, 0.1) is 5.41 Å². The molecule has 0 saturated carbocycles. The quantitative estimate of drug-likeness (QED) is 0.549. The summed E-state index contributed by atoms with van der Waals surface area (Å²) in [7, 11) is -2.64. The standard InChI is InChI=1S/C16H25N4O3PS/c1-10(16(2,3)4)17-14-15(20-25(23)19-14)18-11-8-7-9-12(13(11)21)24(5,6)22/h7-10,21H,1-6H3,(H,17,19)(H,18,20)/t10-,25?/m0/s1. The van der Waals surface area contributed by atoms with Gasteiger partial charge in [0.05, 0.1) is 11.0 Å². The van der Waals surface area contributed by atoms with Crippen molar-refractivity contribution in [2.75, 3.05) is 18.6 Å². The van der Waals surface area contributed by atoms with Crippen molar-refractivity contribution in [1.29, 1.82) is 0 Å². The van der Waals surface area contributed by atoms with Crippen LogP contribution >= 0.6 is 7.14 Å². The number of nitrogens with one attached hydrogen (secondary N) is 2. The molecule has 0 amide bonds. The van der Waals surface area contributed by atoms with Crippen LogP contribution in [0.2, 0.25) is 0 Å². The van der Waals surface area contributed by atoms with Crippen molar-refractivity contribution in [3.63, 3.8) is 0 Å². The molecule has 0 saturated heterocycles. The molecule has 9 heteroatoms. The molecule has 1 heterocycles. The van der Waals surface area contributed by atoms with Gasteiger partial charge in [0.1, 0.15) is 12.9 Å². The second-order valence-electron chi connectivity index (χ2n) is 7.49. The van der Waals surface area contributed by atoms with Crippen LogP contribution in [0.5, 0.6) is 5.75 Å². The summed E-state index contributed by atoms with van der Waals surface area (Å²) in [5.41, 5.74) is 0.314. The second kappa shape index (κ2) is 6.92. The minimum Gasteiger partial charge on any atom is -0.505 e. The van der Waals surface area contributed by atoms with E-state index in [1.54, 1.807) is 31.5 Å². The molecule has 1 unspecified atom stereocenters. The predicted octanol–water partition coefficient (Wildman–Crippen LogP) is 2.47. The van der Waals surface area contributed by atoms with Gasteiger partial charge < -0.3 is 20.3 Å².